The number of carbonyl (C=O) groups is 1. The predicted octanol–water partition coefficient (Wildman–Crippen LogP) is 3.10. The fraction of sp³-hybridized carbons (Fsp3) is 0.632. The molecule has 1 saturated heterocycles. The van der Waals surface area contributed by atoms with Crippen molar-refractivity contribution < 1.29 is 14.3 Å². The van der Waals surface area contributed by atoms with Crippen LogP contribution in [0.3, 0.4) is 0 Å². The van der Waals surface area contributed by atoms with E-state index in [4.69, 9.17) is 15.2 Å². The minimum absolute atomic E-state index is 0.0737. The van der Waals surface area contributed by atoms with Gasteiger partial charge in [-0.1, -0.05) is 13.8 Å². The van der Waals surface area contributed by atoms with Crippen LogP contribution in [0.15, 0.2) is 18.2 Å². The van der Waals surface area contributed by atoms with Crippen molar-refractivity contribution in [3.8, 4) is 11.5 Å². The fourth-order valence-corrected chi connectivity index (χ4v) is 3.33. The van der Waals surface area contributed by atoms with E-state index in [1.54, 1.807) is 12.0 Å². The molecular formula is C19H31N3O3. The van der Waals surface area contributed by atoms with Crippen LogP contribution >= 0.6 is 0 Å². The first-order valence-electron chi connectivity index (χ1n) is 8.97. The number of anilines is 1. The Hall–Kier alpha value is -2.11. The SMILES string of the molecule is COc1ccc(N2CCN(C(N)=O)C(CC(C)C)C2)cc1OC(C)C. The molecule has 0 aliphatic carbocycles. The first kappa shape index (κ1) is 19.2. The molecule has 0 aromatic heterocycles. The van der Waals surface area contributed by atoms with Crippen LogP contribution < -0.4 is 20.1 Å². The number of urea groups is 1. The molecule has 1 fully saturated rings. The van der Waals surface area contributed by atoms with Gasteiger partial charge in [-0.05, 0) is 38.3 Å². The molecule has 1 aliphatic rings. The Labute approximate surface area is 150 Å². The Kier molecular flexibility index (Phi) is 6.39. The summed E-state index contributed by atoms with van der Waals surface area (Å²) in [5.41, 5.74) is 6.64. The van der Waals surface area contributed by atoms with Gasteiger partial charge in [0.25, 0.3) is 0 Å². The van der Waals surface area contributed by atoms with Gasteiger partial charge in [-0.15, -0.1) is 0 Å². The third-order valence-corrected chi connectivity index (χ3v) is 4.38. The van der Waals surface area contributed by atoms with Crippen LogP contribution in [0.2, 0.25) is 0 Å². The Balaban J connectivity index is 2.21. The van der Waals surface area contributed by atoms with Gasteiger partial charge in [-0.2, -0.15) is 0 Å². The Bertz CT molecular complexity index is 589. The summed E-state index contributed by atoms with van der Waals surface area (Å²) in [7, 11) is 1.65. The van der Waals surface area contributed by atoms with E-state index in [1.807, 2.05) is 32.0 Å². The number of nitrogens with two attached hydrogens (primary N) is 1. The van der Waals surface area contributed by atoms with Crippen LogP contribution in [-0.2, 0) is 0 Å². The summed E-state index contributed by atoms with van der Waals surface area (Å²) in [6, 6.07) is 5.79. The molecule has 2 N–H and O–H groups in total. The standard InChI is InChI=1S/C19H31N3O3/c1-13(2)10-16-12-21(8-9-22(16)19(20)23)15-6-7-17(24-5)18(11-15)25-14(3)4/h6-7,11,13-14,16H,8-10,12H2,1-5H3,(H2,20,23). The molecule has 1 aromatic carbocycles. The van der Waals surface area contributed by atoms with Crippen LogP contribution in [0.4, 0.5) is 10.5 Å². The number of primary amides is 1. The molecule has 0 bridgehead atoms. The zero-order chi connectivity index (χ0) is 18.6. The van der Waals surface area contributed by atoms with E-state index < -0.39 is 0 Å². The van der Waals surface area contributed by atoms with Gasteiger partial charge in [0, 0.05) is 31.4 Å². The van der Waals surface area contributed by atoms with Gasteiger partial charge in [-0.3, -0.25) is 0 Å². The van der Waals surface area contributed by atoms with Crippen LogP contribution in [-0.4, -0.2) is 49.8 Å². The molecule has 0 radical (unpaired) electrons. The number of carbonyl (C=O) groups excluding carboxylic acids is 1. The van der Waals surface area contributed by atoms with Gasteiger partial charge < -0.3 is 25.0 Å². The highest BCUT2D eigenvalue weighted by Gasteiger charge is 2.30. The molecule has 2 amide bonds. The minimum atomic E-state index is -0.330. The molecule has 140 valence electrons. The molecule has 0 spiro atoms. The van der Waals surface area contributed by atoms with Crippen LogP contribution in [0.5, 0.6) is 11.5 Å². The fourth-order valence-electron chi connectivity index (χ4n) is 3.33. The zero-order valence-electron chi connectivity index (χ0n) is 16.0. The zero-order valence-corrected chi connectivity index (χ0v) is 16.0. The summed E-state index contributed by atoms with van der Waals surface area (Å²) < 4.78 is 11.3. The normalized spacial score (nSPS) is 18.0. The molecule has 1 atom stereocenters. The van der Waals surface area contributed by atoms with Crippen molar-refractivity contribution in [2.75, 3.05) is 31.6 Å². The molecular weight excluding hydrogens is 318 g/mol. The highest BCUT2D eigenvalue weighted by Crippen LogP contribution is 2.33. The second kappa shape index (κ2) is 8.32. The maximum atomic E-state index is 11.7. The first-order chi connectivity index (χ1) is 11.8. The number of nitrogens with zero attached hydrogens (tertiary/aromatic N) is 2. The second-order valence-corrected chi connectivity index (χ2v) is 7.26. The van der Waals surface area contributed by atoms with Crippen LogP contribution in [0, 0.1) is 5.92 Å². The van der Waals surface area contributed by atoms with E-state index in [2.05, 4.69) is 18.7 Å². The molecule has 6 nitrogen and oxygen atoms in total. The molecule has 1 aromatic rings. The summed E-state index contributed by atoms with van der Waals surface area (Å²) >= 11 is 0. The van der Waals surface area contributed by atoms with E-state index in [0.717, 1.165) is 36.7 Å². The van der Waals surface area contributed by atoms with E-state index in [-0.39, 0.29) is 18.2 Å². The number of benzene rings is 1. The highest BCUT2D eigenvalue weighted by atomic mass is 16.5. The third kappa shape index (κ3) is 4.94. The van der Waals surface area contributed by atoms with Crippen molar-refractivity contribution in [2.24, 2.45) is 11.7 Å². The summed E-state index contributed by atoms with van der Waals surface area (Å²) in [5, 5.41) is 0. The van der Waals surface area contributed by atoms with Crippen LogP contribution in [0.25, 0.3) is 0 Å². The summed E-state index contributed by atoms with van der Waals surface area (Å²) in [4.78, 5) is 15.8. The molecule has 25 heavy (non-hydrogen) atoms. The number of ether oxygens (including phenoxy) is 2. The van der Waals surface area contributed by atoms with Crippen molar-refractivity contribution in [2.45, 2.75) is 46.3 Å². The molecule has 1 heterocycles. The van der Waals surface area contributed by atoms with Crippen molar-refractivity contribution in [3.63, 3.8) is 0 Å². The van der Waals surface area contributed by atoms with Crippen molar-refractivity contribution in [1.82, 2.24) is 4.90 Å². The predicted molar refractivity (Wildman–Crippen MR) is 101 cm³/mol. The monoisotopic (exact) mass is 349 g/mol. The Morgan fingerprint density at radius 1 is 1.24 bits per heavy atom. The lowest BCUT2D eigenvalue weighted by molar-refractivity contribution is 0.164. The Morgan fingerprint density at radius 2 is 1.96 bits per heavy atom. The molecule has 1 aliphatic heterocycles. The van der Waals surface area contributed by atoms with Crippen molar-refractivity contribution >= 4 is 11.7 Å². The number of hydrogen-bond acceptors (Lipinski definition) is 4. The summed E-state index contributed by atoms with van der Waals surface area (Å²) in [5.74, 6) is 1.97. The number of hydrogen-bond donors (Lipinski definition) is 1. The number of methoxy groups -OCH3 is 1. The number of piperazine rings is 1. The largest absolute Gasteiger partial charge is 0.493 e. The summed E-state index contributed by atoms with van der Waals surface area (Å²) in [6.45, 7) is 10.5. The Morgan fingerprint density at radius 3 is 2.52 bits per heavy atom. The van der Waals surface area contributed by atoms with E-state index >= 15 is 0 Å². The van der Waals surface area contributed by atoms with Gasteiger partial charge in [0.1, 0.15) is 0 Å². The average Bonchev–Trinajstić information content (AvgIpc) is 2.53. The van der Waals surface area contributed by atoms with Crippen LogP contribution in [0.1, 0.15) is 34.1 Å². The first-order valence-corrected chi connectivity index (χ1v) is 8.97. The molecule has 1 unspecified atom stereocenters. The van der Waals surface area contributed by atoms with E-state index in [9.17, 15) is 4.79 Å². The van der Waals surface area contributed by atoms with E-state index in [1.165, 1.54) is 0 Å². The number of amides is 2. The van der Waals surface area contributed by atoms with Crippen molar-refractivity contribution in [1.29, 1.82) is 0 Å². The smallest absolute Gasteiger partial charge is 0.315 e. The van der Waals surface area contributed by atoms with Crippen molar-refractivity contribution in [3.05, 3.63) is 18.2 Å². The maximum Gasteiger partial charge on any atom is 0.315 e. The molecule has 2 rings (SSSR count). The van der Waals surface area contributed by atoms with Gasteiger partial charge in [0.2, 0.25) is 0 Å². The van der Waals surface area contributed by atoms with Gasteiger partial charge in [-0.25, -0.2) is 4.79 Å². The minimum Gasteiger partial charge on any atom is -0.493 e. The maximum absolute atomic E-state index is 11.7. The average molecular weight is 349 g/mol. The lowest BCUT2D eigenvalue weighted by Crippen LogP contribution is -2.57. The highest BCUT2D eigenvalue weighted by molar-refractivity contribution is 5.73. The lowest BCUT2D eigenvalue weighted by atomic mass is 10.00. The third-order valence-electron chi connectivity index (χ3n) is 4.38. The van der Waals surface area contributed by atoms with E-state index in [0.29, 0.717) is 12.5 Å². The summed E-state index contributed by atoms with van der Waals surface area (Å²) in [6.07, 6.45) is 1.01. The van der Waals surface area contributed by atoms with Gasteiger partial charge in [0.15, 0.2) is 11.5 Å². The molecule has 0 saturated carbocycles. The molecule has 6 heteroatoms. The quantitative estimate of drug-likeness (QED) is 0.857. The van der Waals surface area contributed by atoms with Gasteiger partial charge >= 0.3 is 6.03 Å². The van der Waals surface area contributed by atoms with Gasteiger partial charge in [0.05, 0.1) is 19.3 Å². The topological polar surface area (TPSA) is 68.0 Å². The lowest BCUT2D eigenvalue weighted by Gasteiger charge is -2.42. The second-order valence-electron chi connectivity index (χ2n) is 7.26. The number of rotatable bonds is 6.